The SMILES string of the molecule is Cc1cc(C)cc(C2(C(F)(F)F)CN=C(c3ccc(F)c(C)c3)C2)c1. The number of alkyl halides is 3. The third-order valence-electron chi connectivity index (χ3n) is 4.82. The van der Waals surface area contributed by atoms with Gasteiger partial charge in [0.1, 0.15) is 11.2 Å². The van der Waals surface area contributed by atoms with Gasteiger partial charge in [0.15, 0.2) is 0 Å². The van der Waals surface area contributed by atoms with Crippen LogP contribution in [0.2, 0.25) is 0 Å². The second-order valence-electron chi connectivity index (χ2n) is 6.86. The van der Waals surface area contributed by atoms with Gasteiger partial charge in [0.05, 0.1) is 6.54 Å². The van der Waals surface area contributed by atoms with E-state index in [9.17, 15) is 17.6 Å². The smallest absolute Gasteiger partial charge is 0.288 e. The zero-order valence-electron chi connectivity index (χ0n) is 14.3. The molecule has 0 fully saturated rings. The van der Waals surface area contributed by atoms with Crippen molar-refractivity contribution in [3.05, 3.63) is 70.0 Å². The van der Waals surface area contributed by atoms with Gasteiger partial charge >= 0.3 is 6.18 Å². The highest BCUT2D eigenvalue weighted by Crippen LogP contribution is 2.48. The zero-order chi connectivity index (χ0) is 18.4. The highest BCUT2D eigenvalue weighted by molar-refractivity contribution is 6.03. The van der Waals surface area contributed by atoms with Crippen molar-refractivity contribution < 1.29 is 17.6 Å². The number of halogens is 4. The van der Waals surface area contributed by atoms with Crippen molar-refractivity contribution >= 4 is 5.71 Å². The van der Waals surface area contributed by atoms with Crippen LogP contribution in [-0.2, 0) is 5.41 Å². The fourth-order valence-electron chi connectivity index (χ4n) is 3.44. The maximum absolute atomic E-state index is 14.1. The number of nitrogens with zero attached hydrogens (tertiary/aromatic N) is 1. The lowest BCUT2D eigenvalue weighted by Crippen LogP contribution is -2.44. The number of benzene rings is 2. The number of aryl methyl sites for hydroxylation is 3. The minimum absolute atomic E-state index is 0.232. The zero-order valence-corrected chi connectivity index (χ0v) is 14.3. The van der Waals surface area contributed by atoms with E-state index < -0.39 is 11.6 Å². The van der Waals surface area contributed by atoms with E-state index >= 15 is 0 Å². The average molecular weight is 349 g/mol. The summed E-state index contributed by atoms with van der Waals surface area (Å²) in [4.78, 5) is 4.21. The molecule has 1 aliphatic rings. The Balaban J connectivity index is 2.04. The third-order valence-corrected chi connectivity index (χ3v) is 4.82. The quantitative estimate of drug-likeness (QED) is 0.640. The molecule has 0 saturated carbocycles. The Kier molecular flexibility index (Phi) is 4.21. The summed E-state index contributed by atoms with van der Waals surface area (Å²) in [5, 5.41) is 0. The predicted octanol–water partition coefficient (Wildman–Crippen LogP) is 5.44. The van der Waals surface area contributed by atoms with Crippen LogP contribution < -0.4 is 0 Å². The first-order valence-electron chi connectivity index (χ1n) is 8.08. The number of rotatable bonds is 2. The summed E-state index contributed by atoms with van der Waals surface area (Å²) in [7, 11) is 0. The van der Waals surface area contributed by atoms with Gasteiger partial charge in [-0.2, -0.15) is 13.2 Å². The van der Waals surface area contributed by atoms with Crippen LogP contribution >= 0.6 is 0 Å². The second-order valence-corrected chi connectivity index (χ2v) is 6.86. The molecule has 0 aliphatic carbocycles. The summed E-state index contributed by atoms with van der Waals surface area (Å²) in [6, 6.07) is 9.37. The van der Waals surface area contributed by atoms with Crippen molar-refractivity contribution in [2.24, 2.45) is 4.99 Å². The molecule has 1 heterocycles. The maximum Gasteiger partial charge on any atom is 0.400 e. The first kappa shape index (κ1) is 17.6. The molecule has 0 bridgehead atoms. The highest BCUT2D eigenvalue weighted by atomic mass is 19.4. The molecule has 0 N–H and O–H groups in total. The van der Waals surface area contributed by atoms with E-state index in [1.807, 2.05) is 6.07 Å². The molecule has 0 spiro atoms. The Bertz CT molecular complexity index is 831. The molecule has 25 heavy (non-hydrogen) atoms. The Hall–Kier alpha value is -2.17. The van der Waals surface area contributed by atoms with Crippen molar-refractivity contribution in [3.8, 4) is 0 Å². The van der Waals surface area contributed by atoms with Crippen molar-refractivity contribution in [1.29, 1.82) is 0 Å². The lowest BCUT2D eigenvalue weighted by atomic mass is 9.75. The maximum atomic E-state index is 14.1. The van der Waals surface area contributed by atoms with Gasteiger partial charge in [0.2, 0.25) is 0 Å². The molecule has 0 aromatic heterocycles. The fraction of sp³-hybridized carbons (Fsp3) is 0.350. The molecule has 2 aromatic rings. The minimum Gasteiger partial charge on any atom is -0.288 e. The van der Waals surface area contributed by atoms with Crippen molar-refractivity contribution in [2.75, 3.05) is 6.54 Å². The van der Waals surface area contributed by atoms with E-state index in [-0.39, 0.29) is 24.3 Å². The van der Waals surface area contributed by atoms with Crippen LogP contribution in [-0.4, -0.2) is 18.4 Å². The van der Waals surface area contributed by atoms with Gasteiger partial charge in [-0.05, 0) is 49.6 Å². The van der Waals surface area contributed by atoms with Crippen LogP contribution in [0.25, 0.3) is 0 Å². The van der Waals surface area contributed by atoms with Gasteiger partial charge in [0.25, 0.3) is 0 Å². The summed E-state index contributed by atoms with van der Waals surface area (Å²) in [6.07, 6.45) is -4.65. The molecule has 3 rings (SSSR count). The van der Waals surface area contributed by atoms with Gasteiger partial charge in [-0.1, -0.05) is 35.4 Å². The van der Waals surface area contributed by atoms with Crippen LogP contribution in [0.4, 0.5) is 17.6 Å². The van der Waals surface area contributed by atoms with Gasteiger partial charge in [-0.3, -0.25) is 4.99 Å². The van der Waals surface area contributed by atoms with Crippen LogP contribution in [0.1, 0.15) is 34.2 Å². The van der Waals surface area contributed by atoms with Crippen LogP contribution in [0.3, 0.4) is 0 Å². The Morgan fingerprint density at radius 3 is 2.16 bits per heavy atom. The first-order valence-corrected chi connectivity index (χ1v) is 8.08. The Morgan fingerprint density at radius 2 is 1.60 bits per heavy atom. The number of hydrogen-bond donors (Lipinski definition) is 0. The summed E-state index contributed by atoms with van der Waals surface area (Å²) in [5.41, 5.74) is 1.14. The predicted molar refractivity (Wildman–Crippen MR) is 90.8 cm³/mol. The van der Waals surface area contributed by atoms with Crippen molar-refractivity contribution in [2.45, 2.75) is 38.8 Å². The average Bonchev–Trinajstić information content (AvgIpc) is 2.95. The van der Waals surface area contributed by atoms with Crippen LogP contribution in [0, 0.1) is 26.6 Å². The molecule has 1 nitrogen and oxygen atoms in total. The monoisotopic (exact) mass is 349 g/mol. The van der Waals surface area contributed by atoms with E-state index in [4.69, 9.17) is 0 Å². The van der Waals surface area contributed by atoms with Gasteiger partial charge in [-0.15, -0.1) is 0 Å². The second kappa shape index (κ2) is 5.97. The number of aliphatic imine (C=N–C) groups is 1. The lowest BCUT2D eigenvalue weighted by Gasteiger charge is -2.32. The molecule has 1 aliphatic heterocycles. The van der Waals surface area contributed by atoms with Gasteiger partial charge in [0, 0.05) is 12.1 Å². The molecule has 0 amide bonds. The molecular formula is C20H19F4N. The Morgan fingerprint density at radius 1 is 0.960 bits per heavy atom. The van der Waals surface area contributed by atoms with Gasteiger partial charge in [-0.25, -0.2) is 4.39 Å². The first-order chi connectivity index (χ1) is 11.6. The molecule has 132 valence electrons. The number of hydrogen-bond acceptors (Lipinski definition) is 1. The molecule has 0 radical (unpaired) electrons. The largest absolute Gasteiger partial charge is 0.400 e. The summed E-state index contributed by atoms with van der Waals surface area (Å²) >= 11 is 0. The highest BCUT2D eigenvalue weighted by Gasteiger charge is 2.58. The molecule has 1 unspecified atom stereocenters. The molecular weight excluding hydrogens is 330 g/mol. The molecule has 2 aromatic carbocycles. The van der Waals surface area contributed by atoms with E-state index in [1.165, 1.54) is 12.1 Å². The van der Waals surface area contributed by atoms with E-state index in [2.05, 4.69) is 4.99 Å². The topological polar surface area (TPSA) is 12.4 Å². The van der Waals surface area contributed by atoms with Crippen LogP contribution in [0.15, 0.2) is 41.4 Å². The normalized spacial score (nSPS) is 20.7. The fourth-order valence-corrected chi connectivity index (χ4v) is 3.44. The van der Waals surface area contributed by atoms with E-state index in [1.54, 1.807) is 39.0 Å². The van der Waals surface area contributed by atoms with Crippen molar-refractivity contribution in [3.63, 3.8) is 0 Å². The lowest BCUT2D eigenvalue weighted by molar-refractivity contribution is -0.183. The molecule has 0 saturated heterocycles. The minimum atomic E-state index is -4.42. The van der Waals surface area contributed by atoms with Crippen LogP contribution in [0.5, 0.6) is 0 Å². The molecule has 1 atom stereocenters. The molecule has 5 heteroatoms. The summed E-state index contributed by atoms with van der Waals surface area (Å²) in [5.74, 6) is -0.376. The van der Waals surface area contributed by atoms with Crippen molar-refractivity contribution in [1.82, 2.24) is 0 Å². The van der Waals surface area contributed by atoms with E-state index in [0.717, 1.165) is 11.1 Å². The standard InChI is InChI=1S/C20H19F4N/c1-12-6-13(2)8-16(7-12)19(20(22,23)24)10-18(25-11-19)15-4-5-17(21)14(3)9-15/h4-9H,10-11H2,1-3H3. The summed E-state index contributed by atoms with van der Waals surface area (Å²) in [6.45, 7) is 4.83. The van der Waals surface area contributed by atoms with Gasteiger partial charge < -0.3 is 0 Å². The summed E-state index contributed by atoms with van der Waals surface area (Å²) < 4.78 is 55.7. The third kappa shape index (κ3) is 3.08. The van der Waals surface area contributed by atoms with E-state index in [0.29, 0.717) is 16.8 Å². The Labute approximate surface area is 144 Å².